The van der Waals surface area contributed by atoms with Crippen molar-refractivity contribution in [2.24, 2.45) is 0 Å². The third kappa shape index (κ3) is 5.16. The molecule has 1 aromatic heterocycles. The molecule has 0 fully saturated rings. The van der Waals surface area contributed by atoms with E-state index in [1.807, 2.05) is 32.9 Å². The van der Waals surface area contributed by atoms with Crippen LogP contribution in [0, 0.1) is 0 Å². The van der Waals surface area contributed by atoms with Crippen LogP contribution in [0.4, 0.5) is 11.4 Å². The largest absolute Gasteiger partial charge is 0.324 e. The van der Waals surface area contributed by atoms with Crippen molar-refractivity contribution in [1.29, 1.82) is 0 Å². The summed E-state index contributed by atoms with van der Waals surface area (Å²) in [7, 11) is -3.98. The quantitative estimate of drug-likeness (QED) is 0.360. The van der Waals surface area contributed by atoms with Crippen LogP contribution in [0.5, 0.6) is 0 Å². The van der Waals surface area contributed by atoms with E-state index < -0.39 is 22.5 Å². The minimum Gasteiger partial charge on any atom is -0.324 e. The summed E-state index contributed by atoms with van der Waals surface area (Å²) in [6, 6.07) is 20.5. The van der Waals surface area contributed by atoms with Gasteiger partial charge < -0.3 is 5.32 Å². The highest BCUT2D eigenvalue weighted by Crippen LogP contribution is 2.26. The van der Waals surface area contributed by atoms with Gasteiger partial charge >= 0.3 is 4.87 Å². The van der Waals surface area contributed by atoms with Gasteiger partial charge in [0, 0.05) is 11.7 Å². The maximum absolute atomic E-state index is 13.5. The molecule has 4 rings (SSSR count). The molecule has 1 N–H and O–H groups in total. The van der Waals surface area contributed by atoms with Crippen molar-refractivity contribution in [3.63, 3.8) is 0 Å². The predicted octanol–water partition coefficient (Wildman–Crippen LogP) is 5.04. The number of hydrogen-bond donors (Lipinski definition) is 1. The zero-order valence-electron chi connectivity index (χ0n) is 19.8. The predicted molar refractivity (Wildman–Crippen MR) is 142 cm³/mol. The molecule has 0 unspecified atom stereocenters. The number of aromatic nitrogens is 1. The molecule has 0 atom stereocenters. The zero-order valence-corrected chi connectivity index (χ0v) is 21.4. The molecule has 0 aliphatic carbocycles. The molecule has 3 aromatic carbocycles. The Bertz CT molecular complexity index is 1510. The number of anilines is 2. The fourth-order valence-electron chi connectivity index (χ4n) is 3.87. The van der Waals surface area contributed by atoms with E-state index in [0.717, 1.165) is 37.8 Å². The second-order valence-corrected chi connectivity index (χ2v) is 11.3. The van der Waals surface area contributed by atoms with E-state index in [1.165, 1.54) is 12.1 Å². The van der Waals surface area contributed by atoms with Crippen LogP contribution in [0.1, 0.15) is 32.4 Å². The first kappa shape index (κ1) is 24.7. The van der Waals surface area contributed by atoms with Crippen molar-refractivity contribution in [3.05, 3.63) is 88.0 Å². The van der Waals surface area contributed by atoms with Crippen LogP contribution >= 0.6 is 11.3 Å². The highest BCUT2D eigenvalue weighted by molar-refractivity contribution is 7.92. The van der Waals surface area contributed by atoms with E-state index >= 15 is 0 Å². The summed E-state index contributed by atoms with van der Waals surface area (Å²) in [6.07, 6.45) is 0.819. The molecule has 0 saturated heterocycles. The number of nitrogens with zero attached hydrogens (tertiary/aromatic N) is 2. The molecule has 0 radical (unpaired) electrons. The molecular weight excluding hydrogens is 482 g/mol. The summed E-state index contributed by atoms with van der Waals surface area (Å²) in [5.41, 5.74) is 2.77. The number of amides is 1. The van der Waals surface area contributed by atoms with Crippen molar-refractivity contribution in [1.82, 2.24) is 4.57 Å². The number of hydrogen-bond acceptors (Lipinski definition) is 5. The lowest BCUT2D eigenvalue weighted by Crippen LogP contribution is -2.38. The van der Waals surface area contributed by atoms with Crippen LogP contribution in [0.25, 0.3) is 10.2 Å². The second-order valence-electron chi connectivity index (χ2n) is 8.41. The van der Waals surface area contributed by atoms with Gasteiger partial charge in [-0.15, -0.1) is 0 Å². The van der Waals surface area contributed by atoms with E-state index in [9.17, 15) is 18.0 Å². The summed E-state index contributed by atoms with van der Waals surface area (Å²) in [5.74, 6) is -0.487. The molecule has 182 valence electrons. The lowest BCUT2D eigenvalue weighted by Gasteiger charge is -2.24. The van der Waals surface area contributed by atoms with Crippen molar-refractivity contribution in [2.45, 2.75) is 38.1 Å². The molecule has 0 aliphatic rings. The first-order valence-corrected chi connectivity index (χ1v) is 13.6. The second kappa shape index (κ2) is 10.1. The number of thiazole rings is 1. The fourth-order valence-corrected chi connectivity index (χ4v) is 6.36. The van der Waals surface area contributed by atoms with E-state index in [0.29, 0.717) is 11.4 Å². The standard InChI is InChI=1S/C26H27N3O4S2/c1-4-19-10-13-21(14-11-19)28(35(32,33)22-8-6-5-7-9-22)17-25(30)27-20-12-15-23-24(16-20)34-26(31)29(23)18(2)3/h5-16,18H,4,17H2,1-3H3,(H,27,30). The molecule has 1 heterocycles. The first-order chi connectivity index (χ1) is 16.7. The number of carbonyl (C=O) groups is 1. The monoisotopic (exact) mass is 509 g/mol. The lowest BCUT2D eigenvalue weighted by molar-refractivity contribution is -0.114. The Balaban J connectivity index is 1.64. The minimum absolute atomic E-state index is 0.0209. The van der Waals surface area contributed by atoms with Crippen molar-refractivity contribution in [2.75, 3.05) is 16.2 Å². The number of benzene rings is 3. The number of aryl methyl sites for hydroxylation is 1. The highest BCUT2D eigenvalue weighted by atomic mass is 32.2. The van der Waals surface area contributed by atoms with E-state index in [1.54, 1.807) is 53.1 Å². The third-order valence-electron chi connectivity index (χ3n) is 5.66. The fraction of sp³-hybridized carbons (Fsp3) is 0.231. The van der Waals surface area contributed by atoms with E-state index in [4.69, 9.17) is 0 Å². The molecule has 0 spiro atoms. The minimum atomic E-state index is -3.98. The van der Waals surface area contributed by atoms with Crippen LogP contribution in [0.15, 0.2) is 82.5 Å². The summed E-state index contributed by atoms with van der Waals surface area (Å²) in [6.45, 7) is 5.50. The number of sulfonamides is 1. The maximum atomic E-state index is 13.5. The molecule has 0 saturated carbocycles. The Hall–Kier alpha value is -3.43. The Kier molecular flexibility index (Phi) is 7.09. The van der Waals surface area contributed by atoms with Crippen molar-refractivity contribution < 1.29 is 13.2 Å². The van der Waals surface area contributed by atoms with Crippen LogP contribution in [-0.2, 0) is 21.2 Å². The Labute approximate surface area is 208 Å². The third-order valence-corrected chi connectivity index (χ3v) is 8.37. The van der Waals surface area contributed by atoms with Gasteiger partial charge in [-0.25, -0.2) is 8.42 Å². The summed E-state index contributed by atoms with van der Waals surface area (Å²) in [4.78, 5) is 25.4. The Morgan fingerprint density at radius 2 is 1.71 bits per heavy atom. The van der Waals surface area contributed by atoms with Crippen molar-refractivity contribution in [3.8, 4) is 0 Å². The van der Waals surface area contributed by atoms with Gasteiger partial charge in [-0.2, -0.15) is 0 Å². The average molecular weight is 510 g/mol. The van der Waals surface area contributed by atoms with Gasteiger partial charge in [0.05, 0.1) is 20.8 Å². The van der Waals surface area contributed by atoms with Crippen LogP contribution < -0.4 is 14.5 Å². The van der Waals surface area contributed by atoms with Gasteiger partial charge in [-0.1, -0.05) is 48.6 Å². The zero-order chi connectivity index (χ0) is 25.2. The molecule has 0 aliphatic heterocycles. The lowest BCUT2D eigenvalue weighted by atomic mass is 10.1. The average Bonchev–Trinajstić information content (AvgIpc) is 3.18. The number of rotatable bonds is 8. The smallest absolute Gasteiger partial charge is 0.308 e. The van der Waals surface area contributed by atoms with Gasteiger partial charge in [0.1, 0.15) is 6.54 Å². The number of nitrogens with one attached hydrogen (secondary N) is 1. The molecular formula is C26H27N3O4S2. The van der Waals surface area contributed by atoms with Crippen LogP contribution in [0.2, 0.25) is 0 Å². The number of carbonyl (C=O) groups excluding carboxylic acids is 1. The van der Waals surface area contributed by atoms with E-state index in [2.05, 4.69) is 5.32 Å². The van der Waals surface area contributed by atoms with Crippen LogP contribution in [0.3, 0.4) is 0 Å². The van der Waals surface area contributed by atoms with Gasteiger partial charge in [0.15, 0.2) is 0 Å². The first-order valence-electron chi connectivity index (χ1n) is 11.3. The number of fused-ring (bicyclic) bond motifs is 1. The maximum Gasteiger partial charge on any atom is 0.308 e. The Morgan fingerprint density at radius 1 is 1.03 bits per heavy atom. The van der Waals surface area contributed by atoms with Crippen LogP contribution in [-0.4, -0.2) is 25.4 Å². The molecule has 9 heteroatoms. The van der Waals surface area contributed by atoms with Gasteiger partial charge in [0.2, 0.25) is 5.91 Å². The van der Waals surface area contributed by atoms with Gasteiger partial charge in [-0.3, -0.25) is 18.5 Å². The summed E-state index contributed by atoms with van der Waals surface area (Å²) >= 11 is 1.11. The summed E-state index contributed by atoms with van der Waals surface area (Å²) < 4.78 is 30.5. The molecule has 1 amide bonds. The molecule has 7 nitrogen and oxygen atoms in total. The van der Waals surface area contributed by atoms with E-state index in [-0.39, 0.29) is 15.8 Å². The molecule has 35 heavy (non-hydrogen) atoms. The molecule has 4 aromatic rings. The Morgan fingerprint density at radius 3 is 2.34 bits per heavy atom. The topological polar surface area (TPSA) is 88.5 Å². The summed E-state index contributed by atoms with van der Waals surface area (Å²) in [5, 5.41) is 2.79. The highest BCUT2D eigenvalue weighted by Gasteiger charge is 2.27. The molecule has 0 bridgehead atoms. The normalized spacial score (nSPS) is 11.7. The van der Waals surface area contributed by atoms with Crippen molar-refractivity contribution >= 4 is 48.9 Å². The van der Waals surface area contributed by atoms with Gasteiger partial charge in [0.25, 0.3) is 10.0 Å². The SMILES string of the molecule is CCc1ccc(N(CC(=O)Nc2ccc3c(c2)sc(=O)n3C(C)C)S(=O)(=O)c2ccccc2)cc1. The van der Waals surface area contributed by atoms with Gasteiger partial charge in [-0.05, 0) is 68.3 Å².